The Morgan fingerprint density at radius 1 is 1.41 bits per heavy atom. The lowest BCUT2D eigenvalue weighted by Crippen LogP contribution is -2.21. The molecule has 1 aliphatic carbocycles. The van der Waals surface area contributed by atoms with Crippen LogP contribution in [-0.4, -0.2) is 22.4 Å². The fourth-order valence-electron chi connectivity index (χ4n) is 2.08. The number of aryl methyl sites for hydroxylation is 1. The first-order chi connectivity index (χ1) is 7.96. The second-order valence-corrected chi connectivity index (χ2v) is 5.33. The summed E-state index contributed by atoms with van der Waals surface area (Å²) in [5, 5.41) is 19.3. The van der Waals surface area contributed by atoms with Crippen LogP contribution in [0.2, 0.25) is 0 Å². The fraction of sp³-hybridized carbons (Fsp3) is 0.571. The maximum absolute atomic E-state index is 9.68. The lowest BCUT2D eigenvalue weighted by atomic mass is 10.1. The van der Waals surface area contributed by atoms with E-state index in [0.717, 1.165) is 24.2 Å². The molecule has 94 valence electrons. The lowest BCUT2D eigenvalue weighted by molar-refractivity contribution is 0.0553. The highest BCUT2D eigenvalue weighted by Gasteiger charge is 2.20. The highest BCUT2D eigenvalue weighted by Crippen LogP contribution is 2.33. The highest BCUT2D eigenvalue weighted by atomic mass is 16.5. The predicted molar refractivity (Wildman–Crippen MR) is 66.1 cm³/mol. The minimum absolute atomic E-state index is 0.310. The molecule has 0 fully saturated rings. The molecule has 0 spiro atoms. The van der Waals surface area contributed by atoms with Crippen molar-refractivity contribution in [3.8, 4) is 5.75 Å². The summed E-state index contributed by atoms with van der Waals surface area (Å²) in [4.78, 5) is 0. The van der Waals surface area contributed by atoms with Crippen LogP contribution in [0.1, 0.15) is 43.9 Å². The molecule has 1 aliphatic rings. The van der Waals surface area contributed by atoms with E-state index in [2.05, 4.69) is 0 Å². The van der Waals surface area contributed by atoms with Crippen molar-refractivity contribution >= 4 is 0 Å². The van der Waals surface area contributed by atoms with Crippen molar-refractivity contribution in [3.05, 3.63) is 29.3 Å². The molecule has 2 N–H and O–H groups in total. The van der Waals surface area contributed by atoms with Gasteiger partial charge in [0.2, 0.25) is 0 Å². The molecule has 1 aromatic rings. The van der Waals surface area contributed by atoms with Crippen LogP contribution in [0.25, 0.3) is 0 Å². The number of aliphatic hydroxyl groups is 2. The molecule has 0 unspecified atom stereocenters. The average Bonchev–Trinajstić information content (AvgIpc) is 2.58. The molecule has 0 amide bonds. The highest BCUT2D eigenvalue weighted by molar-refractivity contribution is 5.39. The second kappa shape index (κ2) is 4.67. The molecular formula is C14H20O3. The fourth-order valence-corrected chi connectivity index (χ4v) is 2.08. The molecule has 1 atom stereocenters. The van der Waals surface area contributed by atoms with Crippen LogP contribution in [0, 0.1) is 0 Å². The number of rotatable bonds is 4. The monoisotopic (exact) mass is 236 g/mol. The number of fused-ring (bicyclic) bond motifs is 1. The third-order valence-corrected chi connectivity index (χ3v) is 3.14. The van der Waals surface area contributed by atoms with Crippen LogP contribution in [0.15, 0.2) is 18.2 Å². The van der Waals surface area contributed by atoms with Crippen LogP contribution >= 0.6 is 0 Å². The summed E-state index contributed by atoms with van der Waals surface area (Å²) in [6.45, 7) is 4.05. The molecule has 0 saturated carbocycles. The molecule has 3 heteroatoms. The molecule has 0 radical (unpaired) electrons. The second-order valence-electron chi connectivity index (χ2n) is 5.33. The van der Waals surface area contributed by atoms with Gasteiger partial charge in [-0.15, -0.1) is 0 Å². The first kappa shape index (κ1) is 12.4. The molecule has 0 heterocycles. The van der Waals surface area contributed by atoms with E-state index >= 15 is 0 Å². The number of hydrogen-bond donors (Lipinski definition) is 2. The lowest BCUT2D eigenvalue weighted by Gasteiger charge is -2.17. The van der Waals surface area contributed by atoms with Crippen molar-refractivity contribution in [1.29, 1.82) is 0 Å². The Morgan fingerprint density at radius 2 is 2.18 bits per heavy atom. The first-order valence-corrected chi connectivity index (χ1v) is 6.12. The van der Waals surface area contributed by atoms with Gasteiger partial charge in [-0.05, 0) is 49.9 Å². The molecule has 0 aromatic heterocycles. The van der Waals surface area contributed by atoms with Gasteiger partial charge in [-0.25, -0.2) is 0 Å². The molecule has 0 aliphatic heterocycles. The quantitative estimate of drug-likeness (QED) is 0.842. The molecule has 0 saturated heterocycles. The number of aliphatic hydroxyl groups excluding tert-OH is 1. The molecule has 1 aromatic carbocycles. The maximum atomic E-state index is 9.68. The molecule has 0 bridgehead atoms. The number of hydrogen-bond acceptors (Lipinski definition) is 3. The summed E-state index contributed by atoms with van der Waals surface area (Å²) in [5.41, 5.74) is 1.52. The third-order valence-electron chi connectivity index (χ3n) is 3.14. The standard InChI is InChI=1S/C14H20O3/c1-14(2,16)7-8-17-11-4-5-12-10(9-11)3-6-13(12)15/h4-5,9,13,15-16H,3,6-8H2,1-2H3/t13-/m1/s1. The van der Waals surface area contributed by atoms with Crippen LogP contribution in [0.3, 0.4) is 0 Å². The van der Waals surface area contributed by atoms with E-state index in [-0.39, 0.29) is 6.10 Å². The van der Waals surface area contributed by atoms with E-state index in [0.29, 0.717) is 13.0 Å². The summed E-state index contributed by atoms with van der Waals surface area (Å²) < 4.78 is 5.60. The largest absolute Gasteiger partial charge is 0.493 e. The summed E-state index contributed by atoms with van der Waals surface area (Å²) >= 11 is 0. The zero-order valence-electron chi connectivity index (χ0n) is 10.4. The van der Waals surface area contributed by atoms with Gasteiger partial charge in [-0.2, -0.15) is 0 Å². The summed E-state index contributed by atoms with van der Waals surface area (Å²) in [7, 11) is 0. The average molecular weight is 236 g/mol. The normalized spacial score (nSPS) is 19.2. The van der Waals surface area contributed by atoms with Crippen LogP contribution in [-0.2, 0) is 6.42 Å². The van der Waals surface area contributed by atoms with Crippen molar-refractivity contribution in [2.75, 3.05) is 6.61 Å². The molecule has 17 heavy (non-hydrogen) atoms. The van der Waals surface area contributed by atoms with Gasteiger partial charge in [-0.3, -0.25) is 0 Å². The van der Waals surface area contributed by atoms with E-state index in [1.54, 1.807) is 13.8 Å². The van der Waals surface area contributed by atoms with Gasteiger partial charge in [0.15, 0.2) is 0 Å². The van der Waals surface area contributed by atoms with Gasteiger partial charge in [0.05, 0.1) is 18.3 Å². The molecule has 2 rings (SSSR count). The zero-order valence-corrected chi connectivity index (χ0v) is 10.4. The smallest absolute Gasteiger partial charge is 0.119 e. The molecule has 3 nitrogen and oxygen atoms in total. The Bertz CT molecular complexity index is 393. The predicted octanol–water partition coefficient (Wildman–Crippen LogP) is 2.21. The Kier molecular flexibility index (Phi) is 3.40. The van der Waals surface area contributed by atoms with Crippen molar-refractivity contribution in [3.63, 3.8) is 0 Å². The number of ether oxygens (including phenoxy) is 1. The van der Waals surface area contributed by atoms with Crippen LogP contribution < -0.4 is 4.74 Å². The SMILES string of the molecule is CC(C)(O)CCOc1ccc2c(c1)CC[C@H]2O. The van der Waals surface area contributed by atoms with E-state index in [1.807, 2.05) is 18.2 Å². The van der Waals surface area contributed by atoms with Gasteiger partial charge >= 0.3 is 0 Å². The minimum Gasteiger partial charge on any atom is -0.493 e. The Hall–Kier alpha value is -1.06. The van der Waals surface area contributed by atoms with Crippen molar-refractivity contribution < 1.29 is 14.9 Å². The van der Waals surface area contributed by atoms with Gasteiger partial charge in [0.25, 0.3) is 0 Å². The van der Waals surface area contributed by atoms with Crippen molar-refractivity contribution in [2.45, 2.75) is 44.8 Å². The summed E-state index contributed by atoms with van der Waals surface area (Å²) in [6, 6.07) is 5.82. The Labute approximate surface area is 102 Å². The summed E-state index contributed by atoms with van der Waals surface area (Å²) in [6.07, 6.45) is 2.02. The number of benzene rings is 1. The van der Waals surface area contributed by atoms with E-state index in [9.17, 15) is 10.2 Å². The molecular weight excluding hydrogens is 216 g/mol. The Morgan fingerprint density at radius 3 is 2.88 bits per heavy atom. The van der Waals surface area contributed by atoms with Crippen LogP contribution in [0.5, 0.6) is 5.75 Å². The summed E-state index contributed by atoms with van der Waals surface area (Å²) in [5.74, 6) is 0.821. The van der Waals surface area contributed by atoms with E-state index < -0.39 is 5.60 Å². The van der Waals surface area contributed by atoms with Gasteiger partial charge in [-0.1, -0.05) is 6.07 Å². The van der Waals surface area contributed by atoms with E-state index in [1.165, 1.54) is 5.56 Å². The zero-order chi connectivity index (χ0) is 12.5. The first-order valence-electron chi connectivity index (χ1n) is 6.12. The topological polar surface area (TPSA) is 49.7 Å². The van der Waals surface area contributed by atoms with Crippen molar-refractivity contribution in [1.82, 2.24) is 0 Å². The van der Waals surface area contributed by atoms with Gasteiger partial charge < -0.3 is 14.9 Å². The third kappa shape index (κ3) is 3.20. The Balaban J connectivity index is 1.95. The maximum Gasteiger partial charge on any atom is 0.119 e. The van der Waals surface area contributed by atoms with Crippen LogP contribution in [0.4, 0.5) is 0 Å². The van der Waals surface area contributed by atoms with E-state index in [4.69, 9.17) is 4.74 Å². The minimum atomic E-state index is -0.688. The van der Waals surface area contributed by atoms with Gasteiger partial charge in [0.1, 0.15) is 5.75 Å². The van der Waals surface area contributed by atoms with Crippen molar-refractivity contribution in [2.24, 2.45) is 0 Å². The van der Waals surface area contributed by atoms with Gasteiger partial charge in [0, 0.05) is 6.42 Å².